The van der Waals surface area contributed by atoms with E-state index >= 15 is 0 Å². The molecule has 0 radical (unpaired) electrons. The molecule has 0 bridgehead atoms. The first-order valence-corrected chi connectivity index (χ1v) is 6.11. The lowest BCUT2D eigenvalue weighted by Gasteiger charge is -2.39. The predicted octanol–water partition coefficient (Wildman–Crippen LogP) is 1.79. The second-order valence-corrected chi connectivity index (χ2v) is 4.71. The Morgan fingerprint density at radius 2 is 2.12 bits per heavy atom. The van der Waals surface area contributed by atoms with Crippen LogP contribution in [-0.2, 0) is 9.53 Å². The van der Waals surface area contributed by atoms with Crippen molar-refractivity contribution in [2.24, 2.45) is 0 Å². The fraction of sp³-hybridized carbons (Fsp3) is 0.917. The van der Waals surface area contributed by atoms with Crippen LogP contribution in [0.25, 0.3) is 0 Å². The van der Waals surface area contributed by atoms with Gasteiger partial charge >= 0.3 is 5.97 Å². The molecule has 1 rings (SSSR count). The Bertz CT molecular complexity index is 222. The molecular formula is C12H23NO3. The molecule has 0 aliphatic heterocycles. The summed E-state index contributed by atoms with van der Waals surface area (Å²) in [5.41, 5.74) is -0.198. The van der Waals surface area contributed by atoms with Crippen molar-refractivity contribution in [3.63, 3.8) is 0 Å². The molecule has 0 unspecified atom stereocenters. The van der Waals surface area contributed by atoms with Crippen LogP contribution in [0.3, 0.4) is 0 Å². The normalized spacial score (nSPS) is 30.2. The van der Waals surface area contributed by atoms with Crippen molar-refractivity contribution < 1.29 is 14.6 Å². The zero-order valence-corrected chi connectivity index (χ0v) is 10.3. The summed E-state index contributed by atoms with van der Waals surface area (Å²) in [4.78, 5) is 10.9. The zero-order valence-electron chi connectivity index (χ0n) is 10.3. The number of aliphatic carboxylic acids is 1. The van der Waals surface area contributed by atoms with Crippen LogP contribution in [0.5, 0.6) is 0 Å². The van der Waals surface area contributed by atoms with Crippen LogP contribution in [0, 0.1) is 0 Å². The summed E-state index contributed by atoms with van der Waals surface area (Å²) in [5, 5.41) is 12.4. The lowest BCUT2D eigenvalue weighted by atomic mass is 9.78. The number of carboxylic acid groups (broad SMARTS) is 1. The lowest BCUT2D eigenvalue weighted by molar-refractivity contribution is -0.139. The van der Waals surface area contributed by atoms with E-state index in [0.29, 0.717) is 6.10 Å². The molecule has 1 saturated carbocycles. The van der Waals surface area contributed by atoms with Crippen LogP contribution in [0.4, 0.5) is 0 Å². The summed E-state index contributed by atoms with van der Waals surface area (Å²) < 4.78 is 5.32. The molecule has 0 amide bonds. The highest BCUT2D eigenvalue weighted by atomic mass is 16.5. The fourth-order valence-corrected chi connectivity index (χ4v) is 2.48. The van der Waals surface area contributed by atoms with Gasteiger partial charge in [-0.3, -0.25) is 4.79 Å². The summed E-state index contributed by atoms with van der Waals surface area (Å²) in [6, 6.07) is 0. The summed E-state index contributed by atoms with van der Waals surface area (Å²) in [7, 11) is 1.73. The van der Waals surface area contributed by atoms with Crippen LogP contribution in [0.1, 0.15) is 45.4 Å². The molecule has 2 N–H and O–H groups in total. The largest absolute Gasteiger partial charge is 0.481 e. The maximum atomic E-state index is 10.9. The third-order valence-electron chi connectivity index (χ3n) is 3.46. The van der Waals surface area contributed by atoms with Crippen molar-refractivity contribution in [3.8, 4) is 0 Å². The molecule has 0 aromatic heterocycles. The number of nitrogens with one attached hydrogen (secondary N) is 1. The lowest BCUT2D eigenvalue weighted by Crippen LogP contribution is -2.50. The van der Waals surface area contributed by atoms with Crippen molar-refractivity contribution in [2.75, 3.05) is 13.7 Å². The molecule has 0 aromatic carbocycles. The van der Waals surface area contributed by atoms with Crippen molar-refractivity contribution in [1.29, 1.82) is 0 Å². The minimum Gasteiger partial charge on any atom is -0.481 e. The van der Waals surface area contributed by atoms with Crippen molar-refractivity contribution in [2.45, 2.75) is 57.1 Å². The van der Waals surface area contributed by atoms with Crippen molar-refractivity contribution in [1.82, 2.24) is 5.32 Å². The summed E-state index contributed by atoms with van der Waals surface area (Å²) in [6.45, 7) is 2.99. The van der Waals surface area contributed by atoms with Gasteiger partial charge < -0.3 is 15.2 Å². The molecule has 1 aliphatic carbocycles. The summed E-state index contributed by atoms with van der Waals surface area (Å²) in [5.74, 6) is -0.709. The molecule has 0 saturated heterocycles. The van der Waals surface area contributed by atoms with Crippen LogP contribution in [0.2, 0.25) is 0 Å². The van der Waals surface area contributed by atoms with Gasteiger partial charge in [0.2, 0.25) is 0 Å². The minimum atomic E-state index is -0.709. The van der Waals surface area contributed by atoms with Crippen LogP contribution in [-0.4, -0.2) is 36.4 Å². The van der Waals surface area contributed by atoms with E-state index in [4.69, 9.17) is 9.84 Å². The summed E-state index contributed by atoms with van der Waals surface area (Å²) >= 11 is 0. The molecule has 0 spiro atoms. The maximum absolute atomic E-state index is 10.9. The van der Waals surface area contributed by atoms with E-state index in [1.807, 2.05) is 0 Å². The first-order valence-electron chi connectivity index (χ1n) is 6.11. The van der Waals surface area contributed by atoms with Crippen molar-refractivity contribution >= 4 is 5.97 Å². The predicted molar refractivity (Wildman–Crippen MR) is 62.5 cm³/mol. The highest BCUT2D eigenvalue weighted by molar-refractivity contribution is 5.68. The van der Waals surface area contributed by atoms with Gasteiger partial charge in [-0.1, -0.05) is 6.92 Å². The Labute approximate surface area is 97.4 Å². The maximum Gasteiger partial charge on any atom is 0.305 e. The Kier molecular flexibility index (Phi) is 5.22. The van der Waals surface area contributed by atoms with Gasteiger partial charge in [-0.15, -0.1) is 0 Å². The van der Waals surface area contributed by atoms with Gasteiger partial charge in [0.1, 0.15) is 0 Å². The Morgan fingerprint density at radius 1 is 1.50 bits per heavy atom. The third kappa shape index (κ3) is 3.76. The first-order chi connectivity index (χ1) is 7.62. The molecule has 4 heteroatoms. The van der Waals surface area contributed by atoms with Crippen LogP contribution >= 0.6 is 0 Å². The van der Waals surface area contributed by atoms with Gasteiger partial charge in [-0.25, -0.2) is 0 Å². The third-order valence-corrected chi connectivity index (χ3v) is 3.46. The molecule has 0 aromatic rings. The molecule has 94 valence electrons. The SMILES string of the molecule is CCCNC1(CC(=O)O)CCC(OC)CC1. The average Bonchev–Trinajstić information content (AvgIpc) is 2.27. The van der Waals surface area contributed by atoms with Gasteiger partial charge in [0.25, 0.3) is 0 Å². The topological polar surface area (TPSA) is 58.6 Å². The van der Waals surface area contributed by atoms with Crippen molar-refractivity contribution in [3.05, 3.63) is 0 Å². The molecule has 0 atom stereocenters. The van der Waals surface area contributed by atoms with Gasteiger partial charge in [0.05, 0.1) is 12.5 Å². The van der Waals surface area contributed by atoms with E-state index in [0.717, 1.165) is 38.6 Å². The zero-order chi connectivity index (χ0) is 12.0. The minimum absolute atomic E-state index is 0.198. The number of rotatable bonds is 6. The van der Waals surface area contributed by atoms with E-state index in [1.165, 1.54) is 0 Å². The Balaban J connectivity index is 2.55. The van der Waals surface area contributed by atoms with E-state index in [2.05, 4.69) is 12.2 Å². The number of hydrogen-bond acceptors (Lipinski definition) is 3. The van der Waals surface area contributed by atoms with E-state index in [1.54, 1.807) is 7.11 Å². The molecule has 1 fully saturated rings. The van der Waals surface area contributed by atoms with E-state index in [-0.39, 0.29) is 12.0 Å². The average molecular weight is 229 g/mol. The summed E-state index contributed by atoms with van der Waals surface area (Å²) in [6.07, 6.45) is 5.29. The van der Waals surface area contributed by atoms with Gasteiger partial charge in [-0.2, -0.15) is 0 Å². The monoisotopic (exact) mass is 229 g/mol. The number of ether oxygens (including phenoxy) is 1. The fourth-order valence-electron chi connectivity index (χ4n) is 2.48. The molecule has 1 aliphatic rings. The van der Waals surface area contributed by atoms with E-state index in [9.17, 15) is 4.79 Å². The number of hydrogen-bond donors (Lipinski definition) is 2. The second kappa shape index (κ2) is 6.21. The van der Waals surface area contributed by atoms with E-state index < -0.39 is 5.97 Å². The number of methoxy groups -OCH3 is 1. The smallest absolute Gasteiger partial charge is 0.305 e. The van der Waals surface area contributed by atoms with Gasteiger partial charge in [-0.05, 0) is 38.6 Å². The highest BCUT2D eigenvalue weighted by Crippen LogP contribution is 2.32. The molecular weight excluding hydrogens is 206 g/mol. The molecule has 16 heavy (non-hydrogen) atoms. The molecule has 0 heterocycles. The number of carbonyl (C=O) groups is 1. The Hall–Kier alpha value is -0.610. The van der Waals surface area contributed by atoms with Gasteiger partial charge in [0, 0.05) is 12.6 Å². The van der Waals surface area contributed by atoms with Gasteiger partial charge in [0.15, 0.2) is 0 Å². The Morgan fingerprint density at radius 3 is 2.56 bits per heavy atom. The standard InChI is InChI=1S/C12H23NO3/c1-3-8-13-12(9-11(14)15)6-4-10(16-2)5-7-12/h10,13H,3-9H2,1-2H3,(H,14,15). The quantitative estimate of drug-likeness (QED) is 0.729. The van der Waals surface area contributed by atoms with Crippen LogP contribution < -0.4 is 5.32 Å². The number of carboxylic acids is 1. The van der Waals surface area contributed by atoms with Crippen LogP contribution in [0.15, 0.2) is 0 Å². The highest BCUT2D eigenvalue weighted by Gasteiger charge is 2.36. The first kappa shape index (κ1) is 13.5. The second-order valence-electron chi connectivity index (χ2n) is 4.71. The molecule has 4 nitrogen and oxygen atoms in total.